The third kappa shape index (κ3) is 8.91. The Labute approximate surface area is 132 Å². The summed E-state index contributed by atoms with van der Waals surface area (Å²) < 4.78 is 59.1. The molecule has 0 fully saturated rings. The van der Waals surface area contributed by atoms with Crippen LogP contribution in [0.1, 0.15) is 69.7 Å². The number of esters is 1. The van der Waals surface area contributed by atoms with Gasteiger partial charge in [-0.3, -0.25) is 9.59 Å². The van der Waals surface area contributed by atoms with Gasteiger partial charge in [-0.15, -0.1) is 0 Å². The van der Waals surface area contributed by atoms with Gasteiger partial charge in [0, 0.05) is 16.0 Å². The van der Waals surface area contributed by atoms with E-state index in [1.54, 1.807) is 27.7 Å². The van der Waals surface area contributed by atoms with Gasteiger partial charge in [0.1, 0.15) is 5.60 Å². The maximum atomic E-state index is 12.2. The Hall–Kier alpha value is -1.10. The second kappa shape index (κ2) is 8.95. The van der Waals surface area contributed by atoms with Gasteiger partial charge in [0.2, 0.25) is 5.91 Å². The summed E-state index contributed by atoms with van der Waals surface area (Å²) in [5.74, 6) is -2.89. The minimum atomic E-state index is -3.25. The van der Waals surface area contributed by atoms with Gasteiger partial charge in [-0.2, -0.15) is 0 Å². The smallest absolute Gasteiger partial charge is 0.306 e. The minimum absolute atomic E-state index is 0.295. The van der Waals surface area contributed by atoms with Crippen molar-refractivity contribution in [3.8, 4) is 0 Å². The van der Waals surface area contributed by atoms with Crippen molar-refractivity contribution in [3.63, 3.8) is 0 Å². The molecule has 118 valence electrons. The zero-order valence-electron chi connectivity index (χ0n) is 19.6. The highest BCUT2D eigenvalue weighted by atomic mass is 16.6. The molecule has 0 saturated heterocycles. The number of primary amides is 1. The fourth-order valence-corrected chi connectivity index (χ4v) is 1.59. The first-order chi connectivity index (χ1) is 11.9. The molecule has 1 unspecified atom stereocenters. The number of hydrogen-bond donors (Lipinski definition) is 2. The van der Waals surface area contributed by atoms with E-state index in [4.69, 9.17) is 20.1 Å². The first-order valence-corrected chi connectivity index (χ1v) is 6.61. The monoisotopic (exact) mass is 293 g/mol. The summed E-state index contributed by atoms with van der Waals surface area (Å²) in [5, 5.41) is 2.69. The zero-order valence-corrected chi connectivity index (χ0v) is 12.6. The Kier molecular flexibility index (Phi) is 4.37. The van der Waals surface area contributed by atoms with Gasteiger partial charge in [0.25, 0.3) is 0 Å². The number of nitrogens with two attached hydrogens (primary N) is 1. The number of amides is 1. The van der Waals surface area contributed by atoms with Gasteiger partial charge in [0.05, 0.1) is 6.04 Å². The van der Waals surface area contributed by atoms with Crippen LogP contribution in [0.15, 0.2) is 0 Å². The molecular formula is C15H30N2O3. The van der Waals surface area contributed by atoms with Gasteiger partial charge in [-0.25, -0.2) is 0 Å². The topological polar surface area (TPSA) is 81.4 Å². The predicted molar refractivity (Wildman–Crippen MR) is 80.1 cm³/mol. The normalized spacial score (nSPS) is 21.9. The number of carbonyl (C=O) groups excluding carboxylic acids is 2. The van der Waals surface area contributed by atoms with Gasteiger partial charge in [0.15, 0.2) is 0 Å². The van der Waals surface area contributed by atoms with E-state index < -0.39 is 55.5 Å². The molecule has 2 atom stereocenters. The fourth-order valence-electron chi connectivity index (χ4n) is 1.59. The van der Waals surface area contributed by atoms with Crippen molar-refractivity contribution in [2.75, 3.05) is 6.54 Å². The first-order valence-electron chi connectivity index (χ1n) is 10.1. The summed E-state index contributed by atoms with van der Waals surface area (Å²) in [6, 6.07) is -0.819. The largest absolute Gasteiger partial charge is 0.460 e. The Bertz CT molecular complexity index is 530. The second-order valence-electron chi connectivity index (χ2n) is 5.53. The van der Waals surface area contributed by atoms with Crippen molar-refractivity contribution in [3.05, 3.63) is 0 Å². The fraction of sp³-hybridized carbons (Fsp3) is 0.867. The highest BCUT2D eigenvalue weighted by molar-refractivity contribution is 5.79. The van der Waals surface area contributed by atoms with Crippen LogP contribution in [-0.2, 0) is 14.3 Å². The highest BCUT2D eigenvalue weighted by Gasteiger charge is 2.21. The lowest BCUT2D eigenvalue weighted by Gasteiger charge is -2.23. The molecule has 5 heteroatoms. The number of nitrogens with one attached hydrogen (secondary N) is 1. The molecule has 5 nitrogen and oxygen atoms in total. The van der Waals surface area contributed by atoms with Crippen molar-refractivity contribution < 1.29 is 23.9 Å². The molecule has 20 heavy (non-hydrogen) atoms. The number of carbonyl (C=O) groups is 2. The van der Waals surface area contributed by atoms with Gasteiger partial charge in [-0.05, 0) is 46.0 Å². The molecule has 1 amide bonds. The Morgan fingerprint density at radius 2 is 2.10 bits per heavy atom. The van der Waals surface area contributed by atoms with Crippen LogP contribution < -0.4 is 11.1 Å². The molecule has 0 aliphatic heterocycles. The maximum Gasteiger partial charge on any atom is 0.306 e. The molecule has 0 aliphatic carbocycles. The number of ether oxygens (including phenoxy) is 1. The van der Waals surface area contributed by atoms with Crippen LogP contribution in [-0.4, -0.2) is 30.1 Å². The van der Waals surface area contributed by atoms with Gasteiger partial charge < -0.3 is 15.8 Å². The summed E-state index contributed by atoms with van der Waals surface area (Å²) in [7, 11) is 0. The molecule has 3 N–H and O–H groups in total. The van der Waals surface area contributed by atoms with E-state index in [0.717, 1.165) is 0 Å². The van der Waals surface area contributed by atoms with E-state index >= 15 is 0 Å². The average Bonchev–Trinajstić information content (AvgIpc) is 2.42. The van der Waals surface area contributed by atoms with E-state index in [0.29, 0.717) is 6.42 Å². The van der Waals surface area contributed by atoms with Crippen LogP contribution in [0.5, 0.6) is 0 Å². The van der Waals surface area contributed by atoms with Crippen molar-refractivity contribution in [2.24, 2.45) is 11.7 Å². The third-order valence-corrected chi connectivity index (χ3v) is 2.47. The zero-order chi connectivity index (χ0) is 21.8. The minimum Gasteiger partial charge on any atom is -0.460 e. The highest BCUT2D eigenvalue weighted by Crippen LogP contribution is 2.15. The van der Waals surface area contributed by atoms with Crippen LogP contribution in [0.3, 0.4) is 0 Å². The first kappa shape index (κ1) is 9.77. The van der Waals surface area contributed by atoms with E-state index in [-0.39, 0.29) is 6.54 Å². The predicted octanol–water partition coefficient (Wildman–Crippen LogP) is 1.99. The third-order valence-electron chi connectivity index (χ3n) is 2.47. The quantitative estimate of drug-likeness (QED) is 0.637. The molecule has 0 heterocycles. The van der Waals surface area contributed by atoms with Crippen LogP contribution in [0, 0.1) is 5.92 Å². The molecule has 0 radical (unpaired) electrons. The molecule has 0 aromatic heterocycles. The molecule has 0 aromatic rings. The van der Waals surface area contributed by atoms with Gasteiger partial charge in [-0.1, -0.05) is 20.1 Å². The molecule has 0 aromatic carbocycles. The SMILES string of the molecule is [2H]C([2H])([2H])C([2H])([2H])C([2H])([2H])C(CN[C@H](CC)C(N)=O)CC(=O)OC(C)(C)C. The lowest BCUT2D eigenvalue weighted by Crippen LogP contribution is -2.43. The summed E-state index contributed by atoms with van der Waals surface area (Å²) in [5.41, 5.74) is 4.39. The maximum absolute atomic E-state index is 12.2. The van der Waals surface area contributed by atoms with Crippen LogP contribution in [0.25, 0.3) is 0 Å². The Balaban J connectivity index is 5.69. The van der Waals surface area contributed by atoms with E-state index in [9.17, 15) is 9.59 Å². The van der Waals surface area contributed by atoms with Crippen molar-refractivity contribution in [1.29, 1.82) is 0 Å². The molecule has 0 aliphatic rings. The van der Waals surface area contributed by atoms with E-state index in [2.05, 4.69) is 5.32 Å². The standard InChI is InChI=1S/C15H30N2O3/c1-6-8-11(9-13(18)20-15(3,4)5)10-17-12(7-2)14(16)19/h11-12,17H,6-10H2,1-5H3,(H2,16,19)/t11?,12-/m1/s1/i1D3,6D2,8D2. The number of rotatable bonds is 9. The van der Waals surface area contributed by atoms with Crippen LogP contribution in [0.4, 0.5) is 0 Å². The average molecular weight is 293 g/mol. The summed E-state index contributed by atoms with van der Waals surface area (Å²) in [6.07, 6.45) is -6.42. The summed E-state index contributed by atoms with van der Waals surface area (Å²) >= 11 is 0. The Morgan fingerprint density at radius 1 is 1.45 bits per heavy atom. The molecule has 0 bridgehead atoms. The lowest BCUT2D eigenvalue weighted by atomic mass is 9.99. The van der Waals surface area contributed by atoms with Crippen molar-refractivity contribution >= 4 is 11.9 Å². The summed E-state index contributed by atoms with van der Waals surface area (Å²) in [6.45, 7) is 2.94. The molecule has 0 spiro atoms. The van der Waals surface area contributed by atoms with Crippen LogP contribution >= 0.6 is 0 Å². The van der Waals surface area contributed by atoms with Crippen molar-refractivity contribution in [2.45, 2.75) is 71.8 Å². The second-order valence-corrected chi connectivity index (χ2v) is 5.53. The van der Waals surface area contributed by atoms with E-state index in [1.807, 2.05) is 0 Å². The molecule has 0 saturated carbocycles. The lowest BCUT2D eigenvalue weighted by molar-refractivity contribution is -0.156. The van der Waals surface area contributed by atoms with Gasteiger partial charge >= 0.3 is 5.97 Å². The van der Waals surface area contributed by atoms with Crippen molar-refractivity contribution in [1.82, 2.24) is 5.32 Å². The summed E-state index contributed by atoms with van der Waals surface area (Å²) in [4.78, 5) is 23.5. The Morgan fingerprint density at radius 3 is 2.55 bits per heavy atom. The number of hydrogen-bond acceptors (Lipinski definition) is 4. The van der Waals surface area contributed by atoms with E-state index in [1.165, 1.54) is 0 Å². The molecular weight excluding hydrogens is 256 g/mol. The molecule has 0 rings (SSSR count). The van der Waals surface area contributed by atoms with Crippen LogP contribution in [0.2, 0.25) is 0 Å².